The molecule has 0 radical (unpaired) electrons. The number of benzene rings is 2. The maximum atomic E-state index is 11.2. The standard InChI is InChI=1S/C18H17N3O2S/c19-18(22)15-8-4-7-14(9-15)11-24-12-17-21-20-16(23-17)10-13-5-2-1-3-6-13/h1-9H,10-12H2,(H2,19,22). The molecule has 3 rings (SSSR count). The van der Waals surface area contributed by atoms with Gasteiger partial charge in [0.05, 0.1) is 12.2 Å². The summed E-state index contributed by atoms with van der Waals surface area (Å²) in [5.74, 6) is 2.19. The lowest BCUT2D eigenvalue weighted by atomic mass is 10.1. The first kappa shape index (κ1) is 16.3. The van der Waals surface area contributed by atoms with Crippen molar-refractivity contribution in [2.75, 3.05) is 0 Å². The van der Waals surface area contributed by atoms with E-state index in [1.807, 2.05) is 48.5 Å². The van der Waals surface area contributed by atoms with Crippen molar-refractivity contribution in [1.82, 2.24) is 10.2 Å². The lowest BCUT2D eigenvalue weighted by molar-refractivity contribution is 0.1000. The number of carbonyl (C=O) groups excluding carboxylic acids is 1. The Hall–Kier alpha value is -2.60. The van der Waals surface area contributed by atoms with Crippen LogP contribution < -0.4 is 5.73 Å². The number of rotatable bonds is 7. The second kappa shape index (κ2) is 7.79. The number of hydrogen-bond donors (Lipinski definition) is 1. The van der Waals surface area contributed by atoms with Crippen molar-refractivity contribution in [3.05, 3.63) is 83.1 Å². The molecule has 0 aliphatic rings. The minimum atomic E-state index is -0.413. The highest BCUT2D eigenvalue weighted by Crippen LogP contribution is 2.18. The molecular formula is C18H17N3O2S. The van der Waals surface area contributed by atoms with Gasteiger partial charge in [0.2, 0.25) is 17.7 Å². The number of nitrogens with zero attached hydrogens (tertiary/aromatic N) is 2. The zero-order valence-electron chi connectivity index (χ0n) is 13.0. The third kappa shape index (κ3) is 4.45. The summed E-state index contributed by atoms with van der Waals surface area (Å²) >= 11 is 1.65. The fraction of sp³-hybridized carbons (Fsp3) is 0.167. The quantitative estimate of drug-likeness (QED) is 0.715. The lowest BCUT2D eigenvalue weighted by Crippen LogP contribution is -2.10. The highest BCUT2D eigenvalue weighted by Gasteiger charge is 2.08. The van der Waals surface area contributed by atoms with Gasteiger partial charge in [-0.15, -0.1) is 22.0 Å². The van der Waals surface area contributed by atoms with Crippen LogP contribution in [0.1, 0.15) is 33.3 Å². The van der Waals surface area contributed by atoms with Crippen LogP contribution in [-0.4, -0.2) is 16.1 Å². The van der Waals surface area contributed by atoms with Crippen molar-refractivity contribution in [3.63, 3.8) is 0 Å². The van der Waals surface area contributed by atoms with E-state index in [-0.39, 0.29) is 0 Å². The van der Waals surface area contributed by atoms with E-state index in [2.05, 4.69) is 10.2 Å². The highest BCUT2D eigenvalue weighted by molar-refractivity contribution is 7.97. The van der Waals surface area contributed by atoms with Gasteiger partial charge in [-0.3, -0.25) is 4.79 Å². The number of thioether (sulfide) groups is 1. The van der Waals surface area contributed by atoms with Crippen LogP contribution in [0, 0.1) is 0 Å². The second-order valence-electron chi connectivity index (χ2n) is 5.31. The molecule has 24 heavy (non-hydrogen) atoms. The second-order valence-corrected chi connectivity index (χ2v) is 6.29. The molecular weight excluding hydrogens is 322 g/mol. The van der Waals surface area contributed by atoms with Gasteiger partial charge in [0.1, 0.15) is 0 Å². The topological polar surface area (TPSA) is 82.0 Å². The van der Waals surface area contributed by atoms with Gasteiger partial charge in [-0.25, -0.2) is 0 Å². The lowest BCUT2D eigenvalue weighted by Gasteiger charge is -2.02. The number of carbonyl (C=O) groups is 1. The van der Waals surface area contributed by atoms with Crippen LogP contribution in [-0.2, 0) is 17.9 Å². The van der Waals surface area contributed by atoms with Crippen molar-refractivity contribution in [1.29, 1.82) is 0 Å². The number of amides is 1. The third-order valence-corrected chi connectivity index (χ3v) is 4.40. The molecule has 1 heterocycles. The molecule has 0 saturated heterocycles. The molecule has 2 N–H and O–H groups in total. The predicted octanol–water partition coefficient (Wildman–Crippen LogP) is 3.19. The van der Waals surface area contributed by atoms with Gasteiger partial charge in [-0.05, 0) is 23.3 Å². The highest BCUT2D eigenvalue weighted by atomic mass is 32.2. The van der Waals surface area contributed by atoms with Gasteiger partial charge in [0, 0.05) is 11.3 Å². The molecule has 0 aliphatic heterocycles. The smallest absolute Gasteiger partial charge is 0.248 e. The van der Waals surface area contributed by atoms with E-state index in [9.17, 15) is 4.79 Å². The Bertz CT molecular complexity index is 818. The average molecular weight is 339 g/mol. The first-order valence-electron chi connectivity index (χ1n) is 7.52. The number of aromatic nitrogens is 2. The summed E-state index contributed by atoms with van der Waals surface area (Å²) in [5.41, 5.74) is 8.00. The summed E-state index contributed by atoms with van der Waals surface area (Å²) in [6.07, 6.45) is 0.638. The summed E-state index contributed by atoms with van der Waals surface area (Å²) < 4.78 is 5.67. The van der Waals surface area contributed by atoms with Crippen LogP contribution >= 0.6 is 11.8 Å². The Labute approximate surface area is 144 Å². The summed E-state index contributed by atoms with van der Waals surface area (Å²) in [4.78, 5) is 11.2. The molecule has 0 unspecified atom stereocenters. The Balaban J connectivity index is 1.52. The Kier molecular flexibility index (Phi) is 5.28. The maximum Gasteiger partial charge on any atom is 0.248 e. The van der Waals surface area contributed by atoms with Crippen LogP contribution in [0.2, 0.25) is 0 Å². The van der Waals surface area contributed by atoms with E-state index in [1.165, 1.54) is 0 Å². The van der Waals surface area contributed by atoms with E-state index < -0.39 is 5.91 Å². The minimum absolute atomic E-state index is 0.413. The van der Waals surface area contributed by atoms with E-state index in [0.717, 1.165) is 16.9 Å². The van der Waals surface area contributed by atoms with Crippen LogP contribution in [0.15, 0.2) is 59.0 Å². The number of hydrogen-bond acceptors (Lipinski definition) is 5. The maximum absolute atomic E-state index is 11.2. The molecule has 0 bridgehead atoms. The zero-order valence-corrected chi connectivity index (χ0v) is 13.8. The zero-order chi connectivity index (χ0) is 16.8. The molecule has 3 aromatic rings. The van der Waals surface area contributed by atoms with Gasteiger partial charge in [-0.2, -0.15) is 0 Å². The van der Waals surface area contributed by atoms with Crippen LogP contribution in [0.25, 0.3) is 0 Å². The summed E-state index contributed by atoms with van der Waals surface area (Å²) in [6.45, 7) is 0. The molecule has 122 valence electrons. The Morgan fingerprint density at radius 1 is 0.958 bits per heavy atom. The molecule has 5 nitrogen and oxygen atoms in total. The largest absolute Gasteiger partial charge is 0.424 e. The first-order chi connectivity index (χ1) is 11.7. The normalized spacial score (nSPS) is 10.7. The fourth-order valence-electron chi connectivity index (χ4n) is 2.26. The first-order valence-corrected chi connectivity index (χ1v) is 8.68. The van der Waals surface area contributed by atoms with Crippen LogP contribution in [0.3, 0.4) is 0 Å². The summed E-state index contributed by atoms with van der Waals surface area (Å²) in [6, 6.07) is 17.3. The van der Waals surface area contributed by atoms with E-state index >= 15 is 0 Å². The average Bonchev–Trinajstić information content (AvgIpc) is 3.03. The van der Waals surface area contributed by atoms with E-state index in [0.29, 0.717) is 29.5 Å². The van der Waals surface area contributed by atoms with Gasteiger partial charge < -0.3 is 10.2 Å². The van der Waals surface area contributed by atoms with Crippen molar-refractivity contribution in [2.24, 2.45) is 5.73 Å². The van der Waals surface area contributed by atoms with Crippen molar-refractivity contribution >= 4 is 17.7 Å². The Morgan fingerprint density at radius 2 is 1.71 bits per heavy atom. The molecule has 1 amide bonds. The van der Waals surface area contributed by atoms with Crippen LogP contribution in [0.4, 0.5) is 0 Å². The van der Waals surface area contributed by atoms with Gasteiger partial charge >= 0.3 is 0 Å². The molecule has 6 heteroatoms. The van der Waals surface area contributed by atoms with E-state index in [4.69, 9.17) is 10.2 Å². The molecule has 0 spiro atoms. The van der Waals surface area contributed by atoms with Crippen molar-refractivity contribution in [2.45, 2.75) is 17.9 Å². The molecule has 2 aromatic carbocycles. The fourth-order valence-corrected chi connectivity index (χ4v) is 3.07. The monoisotopic (exact) mass is 339 g/mol. The molecule has 0 fully saturated rings. The summed E-state index contributed by atoms with van der Waals surface area (Å²) in [7, 11) is 0. The van der Waals surface area contributed by atoms with E-state index in [1.54, 1.807) is 17.8 Å². The van der Waals surface area contributed by atoms with Gasteiger partial charge in [0.15, 0.2) is 0 Å². The third-order valence-electron chi connectivity index (χ3n) is 3.41. The number of primary amides is 1. The Morgan fingerprint density at radius 3 is 2.50 bits per heavy atom. The van der Waals surface area contributed by atoms with Crippen molar-refractivity contribution in [3.8, 4) is 0 Å². The summed E-state index contributed by atoms with van der Waals surface area (Å²) in [5, 5.41) is 8.16. The predicted molar refractivity (Wildman–Crippen MR) is 93.5 cm³/mol. The van der Waals surface area contributed by atoms with Gasteiger partial charge in [0.25, 0.3) is 0 Å². The molecule has 1 aromatic heterocycles. The minimum Gasteiger partial charge on any atom is -0.424 e. The van der Waals surface area contributed by atoms with Crippen molar-refractivity contribution < 1.29 is 9.21 Å². The SMILES string of the molecule is NC(=O)c1cccc(CSCc2nnc(Cc3ccccc3)o2)c1. The molecule has 0 aliphatic carbocycles. The molecule has 0 saturated carbocycles. The molecule has 0 atom stereocenters. The number of nitrogens with two attached hydrogens (primary N) is 1. The van der Waals surface area contributed by atoms with Crippen LogP contribution in [0.5, 0.6) is 0 Å². The van der Waals surface area contributed by atoms with Gasteiger partial charge in [-0.1, -0.05) is 42.5 Å².